The zero-order valence-corrected chi connectivity index (χ0v) is 11.5. The van der Waals surface area contributed by atoms with Crippen molar-refractivity contribution < 1.29 is 18.3 Å². The molecule has 0 aliphatic carbocycles. The van der Waals surface area contributed by atoms with Crippen molar-refractivity contribution in [2.24, 2.45) is 5.41 Å². The topological polar surface area (TPSA) is 83.5 Å². The third kappa shape index (κ3) is 4.10. The van der Waals surface area contributed by atoms with Gasteiger partial charge >= 0.3 is 5.97 Å². The predicted octanol–water partition coefficient (Wildman–Crippen LogP) is 1.77. The lowest BCUT2D eigenvalue weighted by atomic mass is 9.98. The fourth-order valence-electron chi connectivity index (χ4n) is 0.962. The average Bonchev–Trinajstić information content (AvgIpc) is 2.63. The van der Waals surface area contributed by atoms with Gasteiger partial charge in [-0.25, -0.2) is 17.9 Å². The van der Waals surface area contributed by atoms with Crippen LogP contribution in [0.5, 0.6) is 0 Å². The van der Waals surface area contributed by atoms with Crippen LogP contribution in [0.15, 0.2) is 16.3 Å². The molecule has 5 nitrogen and oxygen atoms in total. The van der Waals surface area contributed by atoms with Crippen molar-refractivity contribution in [1.82, 2.24) is 4.72 Å². The van der Waals surface area contributed by atoms with Crippen LogP contribution in [0.1, 0.15) is 30.4 Å². The van der Waals surface area contributed by atoms with Crippen molar-refractivity contribution in [2.75, 3.05) is 6.54 Å². The second-order valence-electron chi connectivity index (χ2n) is 4.81. The van der Waals surface area contributed by atoms with Crippen LogP contribution in [0.4, 0.5) is 0 Å². The Morgan fingerprint density at radius 1 is 1.41 bits per heavy atom. The van der Waals surface area contributed by atoms with Gasteiger partial charge in [0.15, 0.2) is 0 Å². The first-order valence-electron chi connectivity index (χ1n) is 4.95. The van der Waals surface area contributed by atoms with Crippen LogP contribution in [0, 0.1) is 5.41 Å². The first-order chi connectivity index (χ1) is 7.62. The summed E-state index contributed by atoms with van der Waals surface area (Å²) in [4.78, 5) is 10.7. The molecular formula is C10H15NO4S2. The summed E-state index contributed by atoms with van der Waals surface area (Å²) in [5.74, 6) is -1.12. The van der Waals surface area contributed by atoms with Gasteiger partial charge in [0, 0.05) is 6.54 Å². The number of hydrogen-bond donors (Lipinski definition) is 2. The van der Waals surface area contributed by atoms with Gasteiger partial charge in [-0.1, -0.05) is 20.8 Å². The van der Waals surface area contributed by atoms with Crippen LogP contribution >= 0.6 is 11.3 Å². The molecule has 0 atom stereocenters. The number of aromatic carboxylic acids is 1. The predicted molar refractivity (Wildman–Crippen MR) is 65.9 cm³/mol. The Morgan fingerprint density at radius 3 is 2.41 bits per heavy atom. The first-order valence-corrected chi connectivity index (χ1v) is 7.25. The fraction of sp³-hybridized carbons (Fsp3) is 0.500. The van der Waals surface area contributed by atoms with Gasteiger partial charge in [-0.2, -0.15) is 0 Å². The minimum absolute atomic E-state index is 0.0149. The maximum absolute atomic E-state index is 11.8. The largest absolute Gasteiger partial charge is 0.477 e. The summed E-state index contributed by atoms with van der Waals surface area (Å²) in [5, 5.41) is 8.72. The molecule has 0 fully saturated rings. The van der Waals surface area contributed by atoms with Gasteiger partial charge in [0.25, 0.3) is 0 Å². The van der Waals surface area contributed by atoms with Crippen molar-refractivity contribution in [3.8, 4) is 0 Å². The molecule has 0 bridgehead atoms. The molecule has 0 aliphatic heterocycles. The molecule has 0 amide bonds. The third-order valence-electron chi connectivity index (χ3n) is 1.85. The highest BCUT2D eigenvalue weighted by Gasteiger charge is 2.21. The van der Waals surface area contributed by atoms with E-state index in [0.717, 1.165) is 11.3 Å². The van der Waals surface area contributed by atoms with E-state index in [1.165, 1.54) is 12.1 Å². The Kier molecular flexibility index (Phi) is 3.95. The number of hydrogen-bond acceptors (Lipinski definition) is 4. The monoisotopic (exact) mass is 277 g/mol. The molecule has 0 aromatic carbocycles. The first kappa shape index (κ1) is 14.1. The van der Waals surface area contributed by atoms with Crippen LogP contribution in [0.2, 0.25) is 0 Å². The SMILES string of the molecule is CC(C)(C)CNS(=O)(=O)c1ccc(C(=O)O)s1. The highest BCUT2D eigenvalue weighted by Crippen LogP contribution is 2.22. The summed E-state index contributed by atoms with van der Waals surface area (Å²) in [6.45, 7) is 6.03. The quantitative estimate of drug-likeness (QED) is 0.878. The van der Waals surface area contributed by atoms with Gasteiger partial charge in [0.2, 0.25) is 10.0 Å². The fourth-order valence-corrected chi connectivity index (χ4v) is 3.44. The average molecular weight is 277 g/mol. The molecule has 1 aromatic rings. The standard InChI is InChI=1S/C10H15NO4S2/c1-10(2,3)6-11-17(14,15)8-5-4-7(16-8)9(12)13/h4-5,11H,6H2,1-3H3,(H,12,13). The van der Waals surface area contributed by atoms with Gasteiger partial charge in [0.1, 0.15) is 9.09 Å². The van der Waals surface area contributed by atoms with E-state index in [1.54, 1.807) is 0 Å². The second-order valence-corrected chi connectivity index (χ2v) is 7.89. The van der Waals surface area contributed by atoms with Gasteiger partial charge in [-0.15, -0.1) is 11.3 Å². The van der Waals surface area contributed by atoms with E-state index in [0.29, 0.717) is 6.54 Å². The summed E-state index contributed by atoms with van der Waals surface area (Å²) in [7, 11) is -3.60. The molecule has 1 heterocycles. The number of carboxylic acids is 1. The molecule has 17 heavy (non-hydrogen) atoms. The molecule has 96 valence electrons. The van der Waals surface area contributed by atoms with Gasteiger partial charge in [-0.3, -0.25) is 0 Å². The van der Waals surface area contributed by atoms with E-state index >= 15 is 0 Å². The number of sulfonamides is 1. The van der Waals surface area contributed by atoms with E-state index in [1.807, 2.05) is 20.8 Å². The van der Waals surface area contributed by atoms with Crippen LogP contribution in [-0.4, -0.2) is 26.0 Å². The zero-order valence-electron chi connectivity index (χ0n) is 9.85. The number of nitrogens with one attached hydrogen (secondary N) is 1. The second kappa shape index (κ2) is 4.75. The Morgan fingerprint density at radius 2 is 2.00 bits per heavy atom. The number of thiophene rings is 1. The molecule has 7 heteroatoms. The van der Waals surface area contributed by atoms with Gasteiger partial charge in [0.05, 0.1) is 0 Å². The molecular weight excluding hydrogens is 262 g/mol. The van der Waals surface area contributed by atoms with E-state index in [2.05, 4.69) is 4.72 Å². The van der Waals surface area contributed by atoms with Crippen molar-refractivity contribution in [2.45, 2.75) is 25.0 Å². The van der Waals surface area contributed by atoms with Crippen molar-refractivity contribution in [1.29, 1.82) is 0 Å². The maximum Gasteiger partial charge on any atom is 0.345 e. The van der Waals surface area contributed by atoms with E-state index in [-0.39, 0.29) is 14.5 Å². The summed E-state index contributed by atoms with van der Waals surface area (Å²) < 4.78 is 26.1. The van der Waals surface area contributed by atoms with Gasteiger partial charge in [-0.05, 0) is 17.5 Å². The van der Waals surface area contributed by atoms with E-state index in [4.69, 9.17) is 5.11 Å². The molecule has 0 saturated carbocycles. The van der Waals surface area contributed by atoms with Crippen LogP contribution < -0.4 is 4.72 Å². The Bertz CT molecular complexity index is 511. The summed E-state index contributed by atoms with van der Waals surface area (Å²) >= 11 is 0.748. The molecule has 1 aromatic heterocycles. The summed E-state index contributed by atoms with van der Waals surface area (Å²) in [6.07, 6.45) is 0. The van der Waals surface area contributed by atoms with Crippen LogP contribution in [0.3, 0.4) is 0 Å². The highest BCUT2D eigenvalue weighted by atomic mass is 32.2. The normalized spacial score (nSPS) is 12.6. The Balaban J connectivity index is 2.86. The molecule has 0 aliphatic rings. The lowest BCUT2D eigenvalue weighted by Crippen LogP contribution is -2.31. The van der Waals surface area contributed by atoms with Crippen molar-refractivity contribution in [3.05, 3.63) is 17.0 Å². The summed E-state index contributed by atoms with van der Waals surface area (Å²) in [6, 6.07) is 2.60. The minimum Gasteiger partial charge on any atom is -0.477 e. The number of carboxylic acid groups (broad SMARTS) is 1. The number of carbonyl (C=O) groups is 1. The molecule has 0 spiro atoms. The van der Waals surface area contributed by atoms with Crippen molar-refractivity contribution >= 4 is 27.3 Å². The maximum atomic E-state index is 11.8. The highest BCUT2D eigenvalue weighted by molar-refractivity contribution is 7.91. The third-order valence-corrected chi connectivity index (χ3v) is 4.82. The molecule has 2 N–H and O–H groups in total. The minimum atomic E-state index is -3.60. The Hall–Kier alpha value is -0.920. The number of rotatable bonds is 4. The van der Waals surface area contributed by atoms with Crippen LogP contribution in [-0.2, 0) is 10.0 Å². The molecule has 0 saturated heterocycles. The van der Waals surface area contributed by atoms with E-state index < -0.39 is 16.0 Å². The van der Waals surface area contributed by atoms with Crippen molar-refractivity contribution in [3.63, 3.8) is 0 Å². The van der Waals surface area contributed by atoms with Gasteiger partial charge < -0.3 is 5.11 Å². The lowest BCUT2D eigenvalue weighted by Gasteiger charge is -2.18. The Labute approximate surface area is 105 Å². The van der Waals surface area contributed by atoms with Crippen LogP contribution in [0.25, 0.3) is 0 Å². The lowest BCUT2D eigenvalue weighted by molar-refractivity contribution is 0.0702. The van der Waals surface area contributed by atoms with E-state index in [9.17, 15) is 13.2 Å². The molecule has 0 radical (unpaired) electrons. The smallest absolute Gasteiger partial charge is 0.345 e. The summed E-state index contributed by atoms with van der Waals surface area (Å²) in [5.41, 5.74) is -0.167. The molecule has 0 unspecified atom stereocenters. The zero-order chi connectivity index (χ0) is 13.3. The molecule has 1 rings (SSSR count).